The summed E-state index contributed by atoms with van der Waals surface area (Å²) in [7, 11) is 0. The van der Waals surface area contributed by atoms with Crippen LogP contribution in [0.15, 0.2) is 60.8 Å². The van der Waals surface area contributed by atoms with Gasteiger partial charge in [0.1, 0.15) is 17.8 Å². The number of tetrazole rings is 1. The van der Waals surface area contributed by atoms with Crippen LogP contribution in [0.25, 0.3) is 22.5 Å². The van der Waals surface area contributed by atoms with E-state index in [1.807, 2.05) is 31.2 Å². The summed E-state index contributed by atoms with van der Waals surface area (Å²) in [6, 6.07) is 15.1. The van der Waals surface area contributed by atoms with E-state index in [4.69, 9.17) is 5.73 Å². The van der Waals surface area contributed by atoms with Gasteiger partial charge in [-0.05, 0) is 110 Å². The number of anilines is 1. The molecule has 2 fully saturated rings. The number of H-pyrrole nitrogens is 1. The molecule has 2 aromatic heterocycles. The molecule has 50 heavy (non-hydrogen) atoms. The summed E-state index contributed by atoms with van der Waals surface area (Å²) in [5.74, 6) is -0.307. The number of hydrogen-bond donors (Lipinski definition) is 6. The Labute approximate surface area is 289 Å². The van der Waals surface area contributed by atoms with Crippen LogP contribution < -0.4 is 27.0 Å². The molecule has 1 saturated carbocycles. The van der Waals surface area contributed by atoms with Gasteiger partial charge in [-0.15, -0.1) is 10.2 Å². The number of rotatable bonds is 11. The average Bonchev–Trinajstić information content (AvgIpc) is 3.68. The van der Waals surface area contributed by atoms with Gasteiger partial charge in [0.05, 0.1) is 0 Å². The van der Waals surface area contributed by atoms with E-state index in [9.17, 15) is 19.2 Å². The Kier molecular flexibility index (Phi) is 10.9. The quantitative estimate of drug-likeness (QED) is 0.138. The first-order valence-electron chi connectivity index (χ1n) is 17.1. The molecule has 1 aliphatic carbocycles. The molecule has 0 radical (unpaired) electrons. The van der Waals surface area contributed by atoms with Crippen LogP contribution in [0, 0.1) is 18.8 Å². The van der Waals surface area contributed by atoms with E-state index in [1.54, 1.807) is 36.5 Å². The zero-order valence-electron chi connectivity index (χ0n) is 27.9. The van der Waals surface area contributed by atoms with Crippen LogP contribution in [0.4, 0.5) is 5.69 Å². The predicted molar refractivity (Wildman–Crippen MR) is 186 cm³/mol. The normalized spacial score (nSPS) is 19.6. The Balaban J connectivity index is 1.14. The summed E-state index contributed by atoms with van der Waals surface area (Å²) in [4.78, 5) is 56.3. The van der Waals surface area contributed by atoms with Crippen molar-refractivity contribution in [2.45, 2.75) is 64.0 Å². The van der Waals surface area contributed by atoms with E-state index in [2.05, 4.69) is 46.9 Å². The van der Waals surface area contributed by atoms with Crippen molar-refractivity contribution in [1.29, 1.82) is 0 Å². The lowest BCUT2D eigenvalue weighted by molar-refractivity contribution is -0.130. The van der Waals surface area contributed by atoms with Gasteiger partial charge in [0.2, 0.25) is 23.5 Å². The Hall–Kier alpha value is -5.50. The second kappa shape index (κ2) is 15.8. The molecule has 0 spiro atoms. The fraction of sp³-hybridized carbons (Fsp3) is 0.389. The monoisotopic (exact) mass is 678 g/mol. The molecule has 2 aromatic carbocycles. The highest BCUT2D eigenvalue weighted by Crippen LogP contribution is 2.29. The molecule has 2 atom stereocenters. The molecular weight excluding hydrogens is 636 g/mol. The molecule has 1 aliphatic heterocycles. The van der Waals surface area contributed by atoms with Gasteiger partial charge in [0.15, 0.2) is 0 Å². The van der Waals surface area contributed by atoms with Crippen molar-refractivity contribution in [3.05, 3.63) is 77.6 Å². The zero-order chi connectivity index (χ0) is 35.0. The molecule has 6 rings (SSSR count). The fourth-order valence-corrected chi connectivity index (χ4v) is 6.56. The molecule has 4 amide bonds. The Morgan fingerprint density at radius 3 is 2.38 bits per heavy atom. The number of hydrogen-bond acceptors (Lipinski definition) is 9. The molecule has 14 heteroatoms. The molecule has 14 nitrogen and oxygen atoms in total. The Morgan fingerprint density at radius 1 is 0.980 bits per heavy atom. The van der Waals surface area contributed by atoms with Gasteiger partial charge in [0, 0.05) is 41.9 Å². The van der Waals surface area contributed by atoms with Crippen LogP contribution in [-0.4, -0.2) is 74.4 Å². The number of nitrogens with zero attached hydrogens (tertiary/aromatic N) is 4. The van der Waals surface area contributed by atoms with Crippen molar-refractivity contribution in [2.75, 3.05) is 18.4 Å². The average molecular weight is 679 g/mol. The topological polar surface area (TPSA) is 210 Å². The summed E-state index contributed by atoms with van der Waals surface area (Å²) >= 11 is 0. The molecule has 2 unspecified atom stereocenters. The first-order valence-corrected chi connectivity index (χ1v) is 17.1. The summed E-state index contributed by atoms with van der Waals surface area (Å²) in [6.07, 6.45) is 6.63. The second-order valence-corrected chi connectivity index (χ2v) is 13.1. The molecule has 4 aromatic rings. The second-order valence-electron chi connectivity index (χ2n) is 13.1. The highest BCUT2D eigenvalue weighted by Gasteiger charge is 2.30. The molecule has 3 heterocycles. The molecule has 7 N–H and O–H groups in total. The maximum Gasteiger partial charge on any atom is 0.270 e. The van der Waals surface area contributed by atoms with Gasteiger partial charge >= 0.3 is 0 Å². The molecule has 260 valence electrons. The lowest BCUT2D eigenvalue weighted by Crippen LogP contribution is -2.50. The minimum atomic E-state index is -0.815. The molecular formula is C36H42N10O4. The van der Waals surface area contributed by atoms with Gasteiger partial charge in [0.25, 0.3) is 5.91 Å². The maximum atomic E-state index is 13.7. The van der Waals surface area contributed by atoms with Gasteiger partial charge in [-0.1, -0.05) is 24.3 Å². The van der Waals surface area contributed by atoms with Gasteiger partial charge in [-0.3, -0.25) is 24.2 Å². The van der Waals surface area contributed by atoms with Crippen molar-refractivity contribution < 1.29 is 19.2 Å². The predicted octanol–water partition coefficient (Wildman–Crippen LogP) is 2.68. The number of aromatic nitrogens is 5. The van der Waals surface area contributed by atoms with Gasteiger partial charge in [-0.2, -0.15) is 5.21 Å². The van der Waals surface area contributed by atoms with E-state index in [0.29, 0.717) is 36.9 Å². The number of aromatic amines is 1. The largest absolute Gasteiger partial charge is 0.354 e. The third-order valence-corrected chi connectivity index (χ3v) is 9.58. The van der Waals surface area contributed by atoms with Crippen molar-refractivity contribution in [2.24, 2.45) is 17.6 Å². The fourth-order valence-electron chi connectivity index (χ4n) is 6.56. The Bertz CT molecular complexity index is 1800. The lowest BCUT2D eigenvalue weighted by atomic mass is 9.81. The number of carbonyl (C=O) groups excluding carboxylic acids is 4. The van der Waals surface area contributed by atoms with E-state index in [0.717, 1.165) is 59.9 Å². The molecule has 0 bridgehead atoms. The van der Waals surface area contributed by atoms with E-state index in [-0.39, 0.29) is 35.8 Å². The lowest BCUT2D eigenvalue weighted by Gasteiger charge is -2.28. The third-order valence-electron chi connectivity index (χ3n) is 9.58. The number of benzene rings is 2. The summed E-state index contributed by atoms with van der Waals surface area (Å²) in [5, 5.41) is 25.5. The van der Waals surface area contributed by atoms with Crippen LogP contribution in [0.5, 0.6) is 0 Å². The van der Waals surface area contributed by atoms with E-state index < -0.39 is 18.0 Å². The number of nitrogens with two attached hydrogens (primary N) is 1. The van der Waals surface area contributed by atoms with Crippen LogP contribution in [0.3, 0.4) is 0 Å². The number of pyridine rings is 1. The molecule has 2 aliphatic rings. The van der Waals surface area contributed by atoms with E-state index in [1.165, 1.54) is 0 Å². The Morgan fingerprint density at radius 2 is 1.72 bits per heavy atom. The van der Waals surface area contributed by atoms with Crippen molar-refractivity contribution in [3.8, 4) is 22.5 Å². The third kappa shape index (κ3) is 8.37. The van der Waals surface area contributed by atoms with E-state index >= 15 is 0 Å². The minimum absolute atomic E-state index is 0.125. The number of carbonyl (C=O) groups is 4. The van der Waals surface area contributed by atoms with Crippen molar-refractivity contribution >= 4 is 29.3 Å². The zero-order valence-corrected chi connectivity index (χ0v) is 27.9. The first-order chi connectivity index (χ1) is 24.3. The number of amides is 4. The summed E-state index contributed by atoms with van der Waals surface area (Å²) < 4.78 is 0. The SMILES string of the molecule is Cc1cc(C(=O)NC2CCCNC2=O)ncc1-c1ccc(CC(NC(=O)C2CCC(CN)CC2)C(=O)Nc2ccc(-c3nn[nH]n3)cc2)cc1. The van der Waals surface area contributed by atoms with Crippen LogP contribution in [0.2, 0.25) is 0 Å². The minimum Gasteiger partial charge on any atom is -0.354 e. The number of nitrogens with one attached hydrogen (secondary N) is 5. The van der Waals surface area contributed by atoms with Gasteiger partial charge in [-0.25, -0.2) is 0 Å². The first kappa shape index (κ1) is 34.4. The highest BCUT2D eigenvalue weighted by atomic mass is 16.2. The van der Waals surface area contributed by atoms with Crippen LogP contribution in [0.1, 0.15) is 60.1 Å². The van der Waals surface area contributed by atoms with Gasteiger partial charge < -0.3 is 27.0 Å². The van der Waals surface area contributed by atoms with Crippen LogP contribution in [-0.2, 0) is 20.8 Å². The highest BCUT2D eigenvalue weighted by molar-refractivity contribution is 5.98. The molecule has 1 saturated heterocycles. The van der Waals surface area contributed by atoms with Crippen LogP contribution >= 0.6 is 0 Å². The number of piperidine rings is 1. The standard InChI is InChI=1S/C36H42N10O4/c1-21-17-30(35(49)41-29-3-2-16-38-34(29)48)39-20-28(21)24-8-4-22(5-9-24)18-31(42-33(47)26-10-6-23(19-37)7-11-26)36(50)40-27-14-12-25(13-15-27)32-43-45-46-44-32/h4-5,8-9,12-15,17,20,23,26,29,31H,2-3,6-7,10-11,16,18-19,37H2,1H3,(H,38,48)(H,40,50)(H,41,49)(H,42,47)(H,43,44,45,46). The van der Waals surface area contributed by atoms with Crippen molar-refractivity contribution in [1.82, 2.24) is 41.6 Å². The summed E-state index contributed by atoms with van der Waals surface area (Å²) in [5.41, 5.74) is 10.9. The maximum absolute atomic E-state index is 13.7. The summed E-state index contributed by atoms with van der Waals surface area (Å²) in [6.45, 7) is 3.14. The number of aryl methyl sites for hydroxylation is 1. The smallest absolute Gasteiger partial charge is 0.270 e. The van der Waals surface area contributed by atoms with Crippen molar-refractivity contribution in [3.63, 3.8) is 0 Å².